The van der Waals surface area contributed by atoms with E-state index in [0.29, 0.717) is 18.1 Å². The number of halogens is 1. The molecule has 0 fully saturated rings. The van der Waals surface area contributed by atoms with Gasteiger partial charge in [-0.2, -0.15) is 0 Å². The van der Waals surface area contributed by atoms with E-state index < -0.39 is 5.82 Å². The zero-order valence-corrected chi connectivity index (χ0v) is 9.46. The first-order chi connectivity index (χ1) is 7.74. The van der Waals surface area contributed by atoms with Crippen LogP contribution in [0.4, 0.5) is 4.39 Å². The minimum absolute atomic E-state index is 0.265. The summed E-state index contributed by atoms with van der Waals surface area (Å²) in [6.45, 7) is 2.56. The number of aliphatic imine (C=N–C) groups is 1. The highest BCUT2D eigenvalue weighted by molar-refractivity contribution is 6.01. The molecule has 0 heterocycles. The minimum atomic E-state index is -0.410. The highest BCUT2D eigenvalue weighted by Gasteiger charge is 2.14. The van der Waals surface area contributed by atoms with Crippen LogP contribution in [-0.2, 0) is 0 Å². The lowest BCUT2D eigenvalue weighted by Gasteiger charge is -2.11. The molecule has 0 amide bonds. The number of rotatable bonds is 4. The average molecular weight is 225 g/mol. The van der Waals surface area contributed by atoms with Gasteiger partial charge in [0.05, 0.1) is 12.7 Å². The van der Waals surface area contributed by atoms with Gasteiger partial charge in [0, 0.05) is 6.54 Å². The van der Waals surface area contributed by atoms with Crippen LogP contribution in [0.2, 0.25) is 0 Å². The first kappa shape index (κ1) is 12.4. The van der Waals surface area contributed by atoms with E-state index in [1.165, 1.54) is 13.2 Å². The summed E-state index contributed by atoms with van der Waals surface area (Å²) in [6.07, 6.45) is 0.863. The third kappa shape index (κ3) is 2.70. The van der Waals surface area contributed by atoms with Crippen molar-refractivity contribution in [3.05, 3.63) is 29.6 Å². The van der Waals surface area contributed by atoms with Crippen molar-refractivity contribution in [2.45, 2.75) is 13.3 Å². The van der Waals surface area contributed by atoms with E-state index in [9.17, 15) is 4.39 Å². The van der Waals surface area contributed by atoms with E-state index in [4.69, 9.17) is 10.6 Å². The van der Waals surface area contributed by atoms with E-state index in [0.717, 1.165) is 6.42 Å². The van der Waals surface area contributed by atoms with Crippen molar-refractivity contribution >= 4 is 5.84 Å². The maximum Gasteiger partial charge on any atom is 0.149 e. The molecule has 0 unspecified atom stereocenters. The molecule has 16 heavy (non-hydrogen) atoms. The topological polar surface area (TPSA) is 59.6 Å². The molecule has 0 aromatic heterocycles. The van der Waals surface area contributed by atoms with Crippen LogP contribution >= 0.6 is 0 Å². The fourth-order valence-corrected chi connectivity index (χ4v) is 1.32. The predicted molar refractivity (Wildman–Crippen MR) is 62.0 cm³/mol. The fraction of sp³-hybridized carbons (Fsp3) is 0.364. The van der Waals surface area contributed by atoms with Gasteiger partial charge in [-0.05, 0) is 18.6 Å². The van der Waals surface area contributed by atoms with E-state index in [2.05, 4.69) is 10.4 Å². The Balaban J connectivity index is 3.17. The second kappa shape index (κ2) is 6.07. The molecule has 4 nitrogen and oxygen atoms in total. The molecule has 0 aliphatic heterocycles. The van der Waals surface area contributed by atoms with Gasteiger partial charge >= 0.3 is 0 Å². The Kier molecular flexibility index (Phi) is 4.72. The van der Waals surface area contributed by atoms with Crippen LogP contribution < -0.4 is 16.0 Å². The number of hydrogen-bond donors (Lipinski definition) is 2. The lowest BCUT2D eigenvalue weighted by Crippen LogP contribution is -2.32. The van der Waals surface area contributed by atoms with Gasteiger partial charge in [0.2, 0.25) is 0 Å². The van der Waals surface area contributed by atoms with Crippen molar-refractivity contribution in [1.29, 1.82) is 0 Å². The molecule has 0 spiro atoms. The third-order valence-electron chi connectivity index (χ3n) is 2.06. The largest absolute Gasteiger partial charge is 0.496 e. The minimum Gasteiger partial charge on any atom is -0.496 e. The highest BCUT2D eigenvalue weighted by Crippen LogP contribution is 2.21. The Labute approximate surface area is 94.3 Å². The van der Waals surface area contributed by atoms with Crippen LogP contribution in [0.1, 0.15) is 18.9 Å². The third-order valence-corrected chi connectivity index (χ3v) is 2.06. The Morgan fingerprint density at radius 2 is 2.31 bits per heavy atom. The second-order valence-corrected chi connectivity index (χ2v) is 3.19. The number of benzene rings is 1. The van der Waals surface area contributed by atoms with E-state index in [-0.39, 0.29) is 5.56 Å². The number of hydrogen-bond acceptors (Lipinski definition) is 3. The zero-order valence-electron chi connectivity index (χ0n) is 9.46. The van der Waals surface area contributed by atoms with Crippen LogP contribution in [0.3, 0.4) is 0 Å². The first-order valence-electron chi connectivity index (χ1n) is 5.08. The number of amidine groups is 1. The van der Waals surface area contributed by atoms with Gasteiger partial charge in [-0.1, -0.05) is 13.0 Å². The average Bonchev–Trinajstić information content (AvgIpc) is 2.31. The first-order valence-corrected chi connectivity index (χ1v) is 5.08. The Morgan fingerprint density at radius 1 is 1.56 bits per heavy atom. The molecule has 0 atom stereocenters. The number of hydrazine groups is 1. The smallest absolute Gasteiger partial charge is 0.149 e. The summed E-state index contributed by atoms with van der Waals surface area (Å²) in [5.74, 6) is 5.64. The van der Waals surface area contributed by atoms with Crippen LogP contribution in [0.25, 0.3) is 0 Å². The number of methoxy groups -OCH3 is 1. The SMILES string of the molecule is CCCN=C(NN)c1c(F)cccc1OC. The molecule has 1 aromatic rings. The molecule has 1 aromatic carbocycles. The quantitative estimate of drug-likeness (QED) is 0.353. The van der Waals surface area contributed by atoms with Gasteiger partial charge < -0.3 is 10.2 Å². The monoisotopic (exact) mass is 225 g/mol. The normalized spacial score (nSPS) is 11.4. The van der Waals surface area contributed by atoms with E-state index in [1.807, 2.05) is 6.92 Å². The molecule has 88 valence electrons. The van der Waals surface area contributed by atoms with Crippen molar-refractivity contribution in [1.82, 2.24) is 5.43 Å². The summed E-state index contributed by atoms with van der Waals surface area (Å²) in [5.41, 5.74) is 2.66. The van der Waals surface area contributed by atoms with Crippen LogP contribution in [0.5, 0.6) is 5.75 Å². The standard InChI is InChI=1S/C11H16FN3O/c1-3-7-14-11(15-13)10-8(12)5-4-6-9(10)16-2/h4-6H,3,7,13H2,1-2H3,(H,14,15). The number of nitrogens with zero attached hydrogens (tertiary/aromatic N) is 1. The van der Waals surface area contributed by atoms with Crippen molar-refractivity contribution in [3.8, 4) is 5.75 Å². The molecule has 0 radical (unpaired) electrons. The summed E-state index contributed by atoms with van der Waals surface area (Å²) in [4.78, 5) is 4.16. The van der Waals surface area contributed by atoms with Crippen molar-refractivity contribution in [2.75, 3.05) is 13.7 Å². The Hall–Kier alpha value is -1.62. The zero-order chi connectivity index (χ0) is 12.0. The summed E-state index contributed by atoms with van der Waals surface area (Å²) >= 11 is 0. The molecule has 0 aliphatic rings. The number of nitrogens with two attached hydrogens (primary N) is 1. The molecule has 0 aliphatic carbocycles. The number of ether oxygens (including phenoxy) is 1. The van der Waals surface area contributed by atoms with E-state index >= 15 is 0 Å². The van der Waals surface area contributed by atoms with Crippen LogP contribution in [0, 0.1) is 5.82 Å². The van der Waals surface area contributed by atoms with Crippen molar-refractivity contribution in [2.24, 2.45) is 10.8 Å². The molecule has 5 heteroatoms. The summed E-state index contributed by atoms with van der Waals surface area (Å²) in [7, 11) is 1.48. The van der Waals surface area contributed by atoms with Crippen molar-refractivity contribution in [3.63, 3.8) is 0 Å². The molecular formula is C11H16FN3O. The van der Waals surface area contributed by atoms with Gasteiger partial charge in [-0.15, -0.1) is 0 Å². The fourth-order valence-electron chi connectivity index (χ4n) is 1.32. The number of nitrogens with one attached hydrogen (secondary N) is 1. The molecule has 0 bridgehead atoms. The predicted octanol–water partition coefficient (Wildman–Crippen LogP) is 1.45. The van der Waals surface area contributed by atoms with Gasteiger partial charge in [0.15, 0.2) is 0 Å². The second-order valence-electron chi connectivity index (χ2n) is 3.19. The maximum absolute atomic E-state index is 13.6. The molecule has 1 rings (SSSR count). The Morgan fingerprint density at radius 3 is 2.88 bits per heavy atom. The Bertz CT molecular complexity index is 379. The van der Waals surface area contributed by atoms with Gasteiger partial charge in [0.1, 0.15) is 17.4 Å². The molecule has 3 N–H and O–H groups in total. The summed E-state index contributed by atoms with van der Waals surface area (Å²) < 4.78 is 18.7. The molecule has 0 saturated carbocycles. The van der Waals surface area contributed by atoms with Crippen molar-refractivity contribution < 1.29 is 9.13 Å². The summed E-state index contributed by atoms with van der Waals surface area (Å²) in [5, 5.41) is 0. The van der Waals surface area contributed by atoms with Gasteiger partial charge in [-0.25, -0.2) is 10.2 Å². The lowest BCUT2D eigenvalue weighted by atomic mass is 10.1. The van der Waals surface area contributed by atoms with Gasteiger partial charge in [-0.3, -0.25) is 4.99 Å². The van der Waals surface area contributed by atoms with E-state index in [1.54, 1.807) is 12.1 Å². The summed E-state index contributed by atoms with van der Waals surface area (Å²) in [6, 6.07) is 4.58. The molecule has 0 saturated heterocycles. The highest BCUT2D eigenvalue weighted by atomic mass is 19.1. The van der Waals surface area contributed by atoms with Gasteiger partial charge in [0.25, 0.3) is 0 Å². The van der Waals surface area contributed by atoms with Crippen LogP contribution in [-0.4, -0.2) is 19.5 Å². The lowest BCUT2D eigenvalue weighted by molar-refractivity contribution is 0.410. The molecular weight excluding hydrogens is 209 g/mol. The maximum atomic E-state index is 13.6. The van der Waals surface area contributed by atoms with Crippen LogP contribution in [0.15, 0.2) is 23.2 Å².